The molecule has 1 aromatic rings. The van der Waals surface area contributed by atoms with Crippen LogP contribution >= 0.6 is 15.9 Å². The minimum atomic E-state index is 0.829. The molecule has 11 heavy (non-hydrogen) atoms. The molecule has 0 spiro atoms. The van der Waals surface area contributed by atoms with E-state index in [1.807, 2.05) is 19.1 Å². The molecule has 0 fully saturated rings. The van der Waals surface area contributed by atoms with Gasteiger partial charge >= 0.3 is 0 Å². The predicted molar refractivity (Wildman–Crippen MR) is 49.1 cm³/mol. The van der Waals surface area contributed by atoms with Gasteiger partial charge in [-0.1, -0.05) is 12.8 Å². The fraction of sp³-hybridized carbons (Fsp3) is 0.222. The van der Waals surface area contributed by atoms with Gasteiger partial charge in [0, 0.05) is 17.1 Å². The van der Waals surface area contributed by atoms with Gasteiger partial charge in [0.15, 0.2) is 0 Å². The van der Waals surface area contributed by atoms with E-state index in [9.17, 15) is 0 Å². The van der Waals surface area contributed by atoms with Crippen molar-refractivity contribution in [3.05, 3.63) is 28.5 Å². The van der Waals surface area contributed by atoms with Gasteiger partial charge in [-0.25, -0.2) is 4.98 Å². The molecule has 0 amide bonds. The maximum absolute atomic E-state index is 4.10. The van der Waals surface area contributed by atoms with Gasteiger partial charge < -0.3 is 0 Å². The Morgan fingerprint density at radius 3 is 2.91 bits per heavy atom. The van der Waals surface area contributed by atoms with Crippen molar-refractivity contribution < 1.29 is 0 Å². The maximum Gasteiger partial charge on any atom is 0.113 e. The van der Waals surface area contributed by atoms with E-state index in [4.69, 9.17) is 0 Å². The van der Waals surface area contributed by atoms with Gasteiger partial charge in [0.2, 0.25) is 0 Å². The van der Waals surface area contributed by atoms with Crippen LogP contribution in [0.5, 0.6) is 0 Å². The zero-order valence-electron chi connectivity index (χ0n) is 6.26. The second kappa shape index (κ2) is 4.15. The van der Waals surface area contributed by atoms with Crippen molar-refractivity contribution in [2.45, 2.75) is 13.3 Å². The van der Waals surface area contributed by atoms with Crippen LogP contribution in [0.2, 0.25) is 0 Å². The second-order valence-corrected chi connectivity index (χ2v) is 2.93. The van der Waals surface area contributed by atoms with Crippen LogP contribution in [0.4, 0.5) is 0 Å². The molecule has 56 valence electrons. The Morgan fingerprint density at radius 1 is 1.55 bits per heavy atom. The number of aromatic nitrogens is 1. The molecule has 0 bridgehead atoms. The first-order valence-electron chi connectivity index (χ1n) is 3.43. The topological polar surface area (TPSA) is 12.9 Å². The van der Waals surface area contributed by atoms with Crippen molar-refractivity contribution in [1.82, 2.24) is 4.98 Å². The average molecular weight is 210 g/mol. The molecule has 1 nitrogen and oxygen atoms in total. The lowest BCUT2D eigenvalue weighted by molar-refractivity contribution is 1.25. The predicted octanol–water partition coefficient (Wildman–Crippen LogP) is 2.61. The van der Waals surface area contributed by atoms with E-state index in [0.717, 1.165) is 16.6 Å². The molecule has 0 aliphatic rings. The molecule has 0 saturated carbocycles. The van der Waals surface area contributed by atoms with E-state index >= 15 is 0 Å². The largest absolute Gasteiger partial charge is 0.247 e. The van der Waals surface area contributed by atoms with Crippen molar-refractivity contribution in [2.75, 3.05) is 0 Å². The van der Waals surface area contributed by atoms with E-state index < -0.39 is 0 Å². The number of nitrogens with zero attached hydrogens (tertiary/aromatic N) is 1. The van der Waals surface area contributed by atoms with Gasteiger partial charge in [0.25, 0.3) is 0 Å². The Balaban J connectivity index is 2.82. The van der Waals surface area contributed by atoms with Gasteiger partial charge in [-0.2, -0.15) is 0 Å². The maximum atomic E-state index is 4.10. The third-order valence-electron chi connectivity index (χ3n) is 1.12. The lowest BCUT2D eigenvalue weighted by Gasteiger charge is -1.88. The molecule has 0 aliphatic carbocycles. The second-order valence-electron chi connectivity index (χ2n) is 2.02. The Morgan fingerprint density at radius 2 is 2.36 bits per heavy atom. The molecular formula is C9H8BrN. The van der Waals surface area contributed by atoms with E-state index in [1.54, 1.807) is 6.20 Å². The highest BCUT2D eigenvalue weighted by Crippen LogP contribution is 2.06. The Hall–Kier alpha value is -0.810. The van der Waals surface area contributed by atoms with Crippen LogP contribution in [0.25, 0.3) is 0 Å². The van der Waals surface area contributed by atoms with E-state index in [1.165, 1.54) is 0 Å². The van der Waals surface area contributed by atoms with Crippen LogP contribution in [0.3, 0.4) is 0 Å². The van der Waals surface area contributed by atoms with Crippen LogP contribution in [-0.4, -0.2) is 4.98 Å². The summed E-state index contributed by atoms with van der Waals surface area (Å²) < 4.78 is 0.986. The normalized spacial score (nSPS) is 8.55. The molecule has 0 aliphatic heterocycles. The van der Waals surface area contributed by atoms with E-state index in [2.05, 4.69) is 32.8 Å². The number of hydrogen-bond donors (Lipinski definition) is 0. The lowest BCUT2D eigenvalue weighted by Crippen LogP contribution is -1.79. The SMILES string of the molecule is CCC#Cc1ccc(Br)cn1. The smallest absolute Gasteiger partial charge is 0.113 e. The first-order chi connectivity index (χ1) is 5.33. The van der Waals surface area contributed by atoms with Crippen molar-refractivity contribution in [3.8, 4) is 11.8 Å². The highest BCUT2D eigenvalue weighted by Gasteiger charge is 1.86. The average Bonchev–Trinajstić information content (AvgIpc) is 2.04. The van der Waals surface area contributed by atoms with Crippen LogP contribution in [-0.2, 0) is 0 Å². The number of hydrogen-bond acceptors (Lipinski definition) is 1. The summed E-state index contributed by atoms with van der Waals surface area (Å²) in [6.07, 6.45) is 2.62. The molecule has 1 heterocycles. The Labute approximate surface area is 75.0 Å². The summed E-state index contributed by atoms with van der Waals surface area (Å²) in [6, 6.07) is 3.83. The summed E-state index contributed by atoms with van der Waals surface area (Å²) in [5.74, 6) is 5.90. The molecule has 1 aromatic heterocycles. The fourth-order valence-electron chi connectivity index (χ4n) is 0.629. The number of halogens is 1. The molecular weight excluding hydrogens is 202 g/mol. The molecule has 1 rings (SSSR count). The quantitative estimate of drug-likeness (QED) is 0.599. The molecule has 0 atom stereocenters. The van der Waals surface area contributed by atoms with Crippen molar-refractivity contribution in [1.29, 1.82) is 0 Å². The summed E-state index contributed by atoms with van der Waals surface area (Å²) in [6.45, 7) is 2.02. The van der Waals surface area contributed by atoms with Gasteiger partial charge in [0.05, 0.1) is 0 Å². The zero-order valence-corrected chi connectivity index (χ0v) is 7.85. The van der Waals surface area contributed by atoms with Crippen LogP contribution in [0.15, 0.2) is 22.8 Å². The van der Waals surface area contributed by atoms with Crippen molar-refractivity contribution in [2.24, 2.45) is 0 Å². The number of rotatable bonds is 0. The Kier molecular flexibility index (Phi) is 3.13. The summed E-state index contributed by atoms with van der Waals surface area (Å²) >= 11 is 3.30. The van der Waals surface area contributed by atoms with Crippen molar-refractivity contribution in [3.63, 3.8) is 0 Å². The first kappa shape index (κ1) is 8.29. The molecule has 0 radical (unpaired) electrons. The van der Waals surface area contributed by atoms with Crippen LogP contribution in [0, 0.1) is 11.8 Å². The van der Waals surface area contributed by atoms with Crippen LogP contribution in [0.1, 0.15) is 19.0 Å². The zero-order chi connectivity index (χ0) is 8.10. The third kappa shape index (κ3) is 2.73. The molecule has 0 aromatic carbocycles. The standard InChI is InChI=1S/C9H8BrN/c1-2-3-4-9-6-5-8(10)7-11-9/h5-7H,2H2,1H3. The van der Waals surface area contributed by atoms with Crippen molar-refractivity contribution >= 4 is 15.9 Å². The molecule has 0 saturated heterocycles. The van der Waals surface area contributed by atoms with Gasteiger partial charge in [-0.3, -0.25) is 0 Å². The molecule has 2 heteroatoms. The summed E-state index contributed by atoms with van der Waals surface area (Å²) in [7, 11) is 0. The first-order valence-corrected chi connectivity index (χ1v) is 4.22. The molecule has 0 unspecified atom stereocenters. The van der Waals surface area contributed by atoms with Gasteiger partial charge in [-0.15, -0.1) is 0 Å². The minimum Gasteiger partial charge on any atom is -0.247 e. The molecule has 0 N–H and O–H groups in total. The highest BCUT2D eigenvalue weighted by atomic mass is 79.9. The van der Waals surface area contributed by atoms with Gasteiger partial charge in [-0.05, 0) is 34.0 Å². The fourth-order valence-corrected chi connectivity index (χ4v) is 0.863. The van der Waals surface area contributed by atoms with Crippen LogP contribution < -0.4 is 0 Å². The minimum absolute atomic E-state index is 0.829. The summed E-state index contributed by atoms with van der Waals surface area (Å²) in [5, 5.41) is 0. The lowest BCUT2D eigenvalue weighted by atomic mass is 10.3. The van der Waals surface area contributed by atoms with Gasteiger partial charge in [0.1, 0.15) is 5.69 Å². The monoisotopic (exact) mass is 209 g/mol. The third-order valence-corrected chi connectivity index (χ3v) is 1.59. The number of pyridine rings is 1. The van der Waals surface area contributed by atoms with E-state index in [-0.39, 0.29) is 0 Å². The Bertz CT molecular complexity index is 279. The summed E-state index contributed by atoms with van der Waals surface area (Å²) in [5.41, 5.74) is 0.829. The summed E-state index contributed by atoms with van der Waals surface area (Å²) in [4.78, 5) is 4.10. The highest BCUT2D eigenvalue weighted by molar-refractivity contribution is 9.10. The van der Waals surface area contributed by atoms with E-state index in [0.29, 0.717) is 0 Å².